The Morgan fingerprint density at radius 1 is 1.03 bits per heavy atom. The first-order valence-electron chi connectivity index (χ1n) is 10.8. The van der Waals surface area contributed by atoms with Gasteiger partial charge < -0.3 is 25.5 Å². The number of aromatic nitrogens is 1. The molecule has 0 aliphatic rings. The molecule has 4 N–H and O–H groups in total. The van der Waals surface area contributed by atoms with Crippen molar-refractivity contribution in [2.75, 3.05) is 6.54 Å². The van der Waals surface area contributed by atoms with E-state index in [-0.39, 0.29) is 11.6 Å². The first kappa shape index (κ1) is 23.8. The number of fused-ring (bicyclic) bond motifs is 1. The van der Waals surface area contributed by atoms with Crippen LogP contribution in [0.5, 0.6) is 0 Å². The first-order valence-corrected chi connectivity index (χ1v) is 10.8. The number of nitrogens with one attached hydrogen (secondary N) is 3. The monoisotopic (exact) mass is 451 g/mol. The van der Waals surface area contributed by atoms with Crippen LogP contribution in [0.3, 0.4) is 0 Å². The van der Waals surface area contributed by atoms with Gasteiger partial charge in [-0.05, 0) is 56.5 Å². The topological polar surface area (TPSA) is 121 Å². The van der Waals surface area contributed by atoms with Gasteiger partial charge in [-0.3, -0.25) is 4.79 Å². The van der Waals surface area contributed by atoms with Crippen LogP contribution in [0.15, 0.2) is 54.6 Å². The van der Waals surface area contributed by atoms with Gasteiger partial charge in [0.2, 0.25) is 5.91 Å². The van der Waals surface area contributed by atoms with Crippen molar-refractivity contribution >= 4 is 28.9 Å². The van der Waals surface area contributed by atoms with Crippen LogP contribution in [-0.2, 0) is 22.4 Å². The number of carboxylic acid groups (broad SMARTS) is 1. The van der Waals surface area contributed by atoms with Crippen LogP contribution >= 0.6 is 0 Å². The van der Waals surface area contributed by atoms with Crippen LogP contribution < -0.4 is 10.6 Å². The average Bonchev–Trinajstić information content (AvgIpc) is 3.16. The number of rotatable bonds is 8. The van der Waals surface area contributed by atoms with E-state index in [4.69, 9.17) is 9.84 Å². The lowest BCUT2D eigenvalue weighted by atomic mass is 10.1. The van der Waals surface area contributed by atoms with Crippen molar-refractivity contribution < 1.29 is 24.2 Å². The van der Waals surface area contributed by atoms with E-state index in [2.05, 4.69) is 15.6 Å². The number of alkyl carbamates (subject to hydrolysis) is 1. The minimum Gasteiger partial charge on any atom is -0.477 e. The zero-order valence-corrected chi connectivity index (χ0v) is 19.0. The summed E-state index contributed by atoms with van der Waals surface area (Å²) in [4.78, 5) is 39.1. The van der Waals surface area contributed by atoms with Gasteiger partial charge in [-0.2, -0.15) is 0 Å². The van der Waals surface area contributed by atoms with E-state index >= 15 is 0 Å². The van der Waals surface area contributed by atoms with E-state index < -0.39 is 23.7 Å². The lowest BCUT2D eigenvalue weighted by Gasteiger charge is -2.23. The Balaban J connectivity index is 1.62. The number of aromatic carboxylic acids is 1. The second-order valence-corrected chi connectivity index (χ2v) is 8.84. The fraction of sp³-hybridized carbons (Fsp3) is 0.320. The summed E-state index contributed by atoms with van der Waals surface area (Å²) in [5, 5.41) is 15.5. The number of hydrogen-bond acceptors (Lipinski definition) is 4. The molecule has 8 heteroatoms. The lowest BCUT2D eigenvalue weighted by Crippen LogP contribution is -2.49. The largest absolute Gasteiger partial charge is 0.477 e. The molecule has 1 atom stereocenters. The van der Waals surface area contributed by atoms with Crippen LogP contribution in [0.2, 0.25) is 0 Å². The molecule has 1 unspecified atom stereocenters. The van der Waals surface area contributed by atoms with E-state index in [9.17, 15) is 14.4 Å². The zero-order chi connectivity index (χ0) is 24.0. The molecule has 1 aromatic heterocycles. The molecule has 2 aromatic carbocycles. The van der Waals surface area contributed by atoms with Gasteiger partial charge in [0.25, 0.3) is 0 Å². The lowest BCUT2D eigenvalue weighted by molar-refractivity contribution is -0.123. The Bertz CT molecular complexity index is 1130. The highest BCUT2D eigenvalue weighted by molar-refractivity contribution is 5.94. The first-order chi connectivity index (χ1) is 15.6. The molecule has 0 fully saturated rings. The van der Waals surface area contributed by atoms with Gasteiger partial charge >= 0.3 is 12.1 Å². The summed E-state index contributed by atoms with van der Waals surface area (Å²) in [6.45, 7) is 5.65. The predicted octanol–water partition coefficient (Wildman–Crippen LogP) is 3.66. The quantitative estimate of drug-likeness (QED) is 0.417. The normalized spacial score (nSPS) is 12.2. The standard InChI is InChI=1S/C25H29N3O5/c1-25(2,3)33-24(32)28-20(14-16-7-5-4-6-8-16)22(29)26-12-11-17-9-10-19-18(13-17)15-21(27-19)23(30)31/h4-10,13,15,20,27H,11-12,14H2,1-3H3,(H,26,29)(H,28,32)(H,30,31). The second kappa shape index (κ2) is 10.2. The third kappa shape index (κ3) is 7.10. The Morgan fingerprint density at radius 2 is 1.76 bits per heavy atom. The van der Waals surface area contributed by atoms with Crippen LogP contribution in [0.25, 0.3) is 10.9 Å². The Morgan fingerprint density at radius 3 is 2.42 bits per heavy atom. The molecular weight excluding hydrogens is 422 g/mol. The van der Waals surface area contributed by atoms with E-state index in [0.29, 0.717) is 19.4 Å². The molecule has 3 aromatic rings. The van der Waals surface area contributed by atoms with Crippen molar-refractivity contribution in [1.29, 1.82) is 0 Å². The minimum absolute atomic E-state index is 0.132. The van der Waals surface area contributed by atoms with E-state index in [1.165, 1.54) is 0 Å². The second-order valence-electron chi connectivity index (χ2n) is 8.84. The van der Waals surface area contributed by atoms with Gasteiger partial charge in [0.05, 0.1) is 0 Å². The SMILES string of the molecule is CC(C)(C)OC(=O)NC(Cc1ccccc1)C(=O)NCCc1ccc2[nH]c(C(=O)O)cc2c1. The molecular formula is C25H29N3O5. The third-order valence-corrected chi connectivity index (χ3v) is 4.92. The fourth-order valence-corrected chi connectivity index (χ4v) is 3.41. The Hall–Kier alpha value is -3.81. The molecule has 0 radical (unpaired) electrons. The zero-order valence-electron chi connectivity index (χ0n) is 19.0. The van der Waals surface area contributed by atoms with Crippen LogP contribution in [0, 0.1) is 0 Å². The Kier molecular flexibility index (Phi) is 7.37. The number of H-pyrrole nitrogens is 1. The van der Waals surface area contributed by atoms with Crippen LogP contribution in [-0.4, -0.2) is 46.2 Å². The maximum absolute atomic E-state index is 12.9. The van der Waals surface area contributed by atoms with E-state index in [1.54, 1.807) is 26.8 Å². The predicted molar refractivity (Wildman–Crippen MR) is 125 cm³/mol. The van der Waals surface area contributed by atoms with Crippen molar-refractivity contribution in [2.45, 2.75) is 45.3 Å². The number of benzene rings is 2. The summed E-state index contributed by atoms with van der Waals surface area (Å²) in [7, 11) is 0. The molecule has 33 heavy (non-hydrogen) atoms. The van der Waals surface area contributed by atoms with Crippen LogP contribution in [0.1, 0.15) is 42.4 Å². The summed E-state index contributed by atoms with van der Waals surface area (Å²) in [6.07, 6.45) is 0.240. The summed E-state index contributed by atoms with van der Waals surface area (Å²) in [5.41, 5.74) is 2.08. The molecule has 0 aliphatic heterocycles. The fourth-order valence-electron chi connectivity index (χ4n) is 3.41. The average molecular weight is 452 g/mol. The maximum atomic E-state index is 12.9. The smallest absolute Gasteiger partial charge is 0.408 e. The molecule has 8 nitrogen and oxygen atoms in total. The van der Waals surface area contributed by atoms with Crippen molar-refractivity contribution in [3.05, 3.63) is 71.4 Å². The summed E-state index contributed by atoms with van der Waals surface area (Å²) in [6, 6.07) is 15.8. The van der Waals surface area contributed by atoms with Crippen molar-refractivity contribution in [3.63, 3.8) is 0 Å². The number of carbonyl (C=O) groups excluding carboxylic acids is 2. The van der Waals surface area contributed by atoms with Crippen molar-refractivity contribution in [2.24, 2.45) is 0 Å². The summed E-state index contributed by atoms with van der Waals surface area (Å²) < 4.78 is 5.31. The number of amides is 2. The summed E-state index contributed by atoms with van der Waals surface area (Å²) >= 11 is 0. The number of hydrogen-bond donors (Lipinski definition) is 4. The Labute approximate surface area is 192 Å². The molecule has 1 heterocycles. The van der Waals surface area contributed by atoms with E-state index in [0.717, 1.165) is 22.0 Å². The van der Waals surface area contributed by atoms with Gasteiger partial charge in [-0.25, -0.2) is 9.59 Å². The highest BCUT2D eigenvalue weighted by Gasteiger charge is 2.24. The molecule has 0 aliphatic carbocycles. The van der Waals surface area contributed by atoms with Gasteiger partial charge in [-0.15, -0.1) is 0 Å². The molecule has 174 valence electrons. The van der Waals surface area contributed by atoms with Crippen molar-refractivity contribution in [3.8, 4) is 0 Å². The molecule has 2 amide bonds. The molecule has 3 rings (SSSR count). The third-order valence-electron chi connectivity index (χ3n) is 4.92. The van der Waals surface area contributed by atoms with Crippen LogP contribution in [0.4, 0.5) is 4.79 Å². The van der Waals surface area contributed by atoms with Crippen molar-refractivity contribution in [1.82, 2.24) is 15.6 Å². The summed E-state index contributed by atoms with van der Waals surface area (Å²) in [5.74, 6) is -1.32. The highest BCUT2D eigenvalue weighted by atomic mass is 16.6. The van der Waals surface area contributed by atoms with Gasteiger partial charge in [0, 0.05) is 23.9 Å². The van der Waals surface area contributed by atoms with E-state index in [1.807, 2.05) is 48.5 Å². The molecule has 0 saturated carbocycles. The number of aromatic amines is 1. The molecule has 0 spiro atoms. The number of carbonyl (C=O) groups is 3. The number of ether oxygens (including phenoxy) is 1. The highest BCUT2D eigenvalue weighted by Crippen LogP contribution is 2.18. The molecule has 0 bridgehead atoms. The van der Waals surface area contributed by atoms with Gasteiger partial charge in [0.1, 0.15) is 17.3 Å². The van der Waals surface area contributed by atoms with Gasteiger partial charge in [0.15, 0.2) is 0 Å². The minimum atomic E-state index is -1.01. The number of carboxylic acids is 1. The maximum Gasteiger partial charge on any atom is 0.408 e. The van der Waals surface area contributed by atoms with Gasteiger partial charge in [-0.1, -0.05) is 36.4 Å². The molecule has 0 saturated heterocycles.